The lowest BCUT2D eigenvalue weighted by Crippen LogP contribution is -2.54. The third kappa shape index (κ3) is 5.47. The van der Waals surface area contributed by atoms with Crippen LogP contribution in [0.1, 0.15) is 34.1 Å². The standard InChI is InChI=1S/C14H29N3O2/c1-5-12(10-15)16-6-8-17(9-7-16)13(18)11-19-14(2,3)4/h12H,5-11,15H2,1-4H3. The van der Waals surface area contributed by atoms with Gasteiger partial charge in [0.05, 0.1) is 5.60 Å². The Balaban J connectivity index is 2.35. The Morgan fingerprint density at radius 1 is 1.26 bits per heavy atom. The number of hydrogen-bond donors (Lipinski definition) is 1. The Bertz CT molecular complexity index is 277. The van der Waals surface area contributed by atoms with E-state index in [0.717, 1.165) is 32.6 Å². The normalized spacial score (nSPS) is 19.5. The number of carbonyl (C=O) groups excluding carboxylic acids is 1. The van der Waals surface area contributed by atoms with Crippen LogP contribution in [0.2, 0.25) is 0 Å². The average molecular weight is 271 g/mol. The predicted molar refractivity (Wildman–Crippen MR) is 77.0 cm³/mol. The molecule has 0 aromatic heterocycles. The summed E-state index contributed by atoms with van der Waals surface area (Å²) in [5.41, 5.74) is 5.50. The number of nitrogens with two attached hydrogens (primary N) is 1. The second-order valence-corrected chi connectivity index (χ2v) is 6.12. The molecule has 1 atom stereocenters. The molecule has 1 heterocycles. The van der Waals surface area contributed by atoms with E-state index in [2.05, 4.69) is 11.8 Å². The Hall–Kier alpha value is -0.650. The van der Waals surface area contributed by atoms with Gasteiger partial charge in [0.25, 0.3) is 0 Å². The van der Waals surface area contributed by atoms with Crippen LogP contribution in [0.5, 0.6) is 0 Å². The molecule has 1 aliphatic heterocycles. The van der Waals surface area contributed by atoms with Gasteiger partial charge < -0.3 is 15.4 Å². The SMILES string of the molecule is CCC(CN)N1CCN(C(=O)COC(C)(C)C)CC1. The highest BCUT2D eigenvalue weighted by molar-refractivity contribution is 5.77. The molecule has 0 aromatic carbocycles. The van der Waals surface area contributed by atoms with Gasteiger partial charge in [0.1, 0.15) is 6.61 Å². The maximum absolute atomic E-state index is 12.0. The van der Waals surface area contributed by atoms with Crippen LogP contribution in [-0.2, 0) is 9.53 Å². The Labute approximate surface area is 117 Å². The van der Waals surface area contributed by atoms with Crippen molar-refractivity contribution in [2.24, 2.45) is 5.73 Å². The molecule has 19 heavy (non-hydrogen) atoms. The molecule has 5 nitrogen and oxygen atoms in total. The van der Waals surface area contributed by atoms with Crippen LogP contribution in [0.15, 0.2) is 0 Å². The molecule has 0 aliphatic carbocycles. The summed E-state index contributed by atoms with van der Waals surface area (Å²) in [5, 5.41) is 0. The third-order valence-corrected chi connectivity index (χ3v) is 3.56. The molecule has 0 saturated carbocycles. The molecule has 1 aliphatic rings. The molecule has 1 unspecified atom stereocenters. The van der Waals surface area contributed by atoms with Gasteiger partial charge in [0, 0.05) is 38.8 Å². The summed E-state index contributed by atoms with van der Waals surface area (Å²) in [6.45, 7) is 12.3. The second kappa shape index (κ2) is 7.22. The number of nitrogens with zero attached hydrogens (tertiary/aromatic N) is 2. The van der Waals surface area contributed by atoms with E-state index in [1.54, 1.807) is 0 Å². The summed E-state index contributed by atoms with van der Waals surface area (Å²) in [6.07, 6.45) is 1.07. The second-order valence-electron chi connectivity index (χ2n) is 6.12. The first-order chi connectivity index (χ1) is 8.87. The van der Waals surface area contributed by atoms with Crippen molar-refractivity contribution in [3.05, 3.63) is 0 Å². The summed E-state index contributed by atoms with van der Waals surface area (Å²) in [7, 11) is 0. The van der Waals surface area contributed by atoms with Gasteiger partial charge in [-0.1, -0.05) is 6.92 Å². The van der Waals surface area contributed by atoms with Gasteiger partial charge in [0.15, 0.2) is 0 Å². The zero-order valence-corrected chi connectivity index (χ0v) is 12.8. The summed E-state index contributed by atoms with van der Waals surface area (Å²) in [4.78, 5) is 16.3. The van der Waals surface area contributed by atoms with Crippen molar-refractivity contribution in [2.75, 3.05) is 39.3 Å². The minimum absolute atomic E-state index is 0.0929. The number of carbonyl (C=O) groups is 1. The van der Waals surface area contributed by atoms with Crippen molar-refractivity contribution in [3.63, 3.8) is 0 Å². The first kappa shape index (κ1) is 16.4. The molecule has 1 saturated heterocycles. The van der Waals surface area contributed by atoms with Crippen molar-refractivity contribution in [1.82, 2.24) is 9.80 Å². The largest absolute Gasteiger partial charge is 0.366 e. The van der Waals surface area contributed by atoms with Crippen LogP contribution in [0.3, 0.4) is 0 Å². The highest BCUT2D eigenvalue weighted by Gasteiger charge is 2.25. The van der Waals surface area contributed by atoms with E-state index in [0.29, 0.717) is 12.6 Å². The van der Waals surface area contributed by atoms with Crippen LogP contribution in [0, 0.1) is 0 Å². The average Bonchev–Trinajstić information content (AvgIpc) is 2.37. The molecule has 1 amide bonds. The molecule has 112 valence electrons. The highest BCUT2D eigenvalue weighted by Crippen LogP contribution is 2.10. The number of piperazine rings is 1. The van der Waals surface area contributed by atoms with Crippen molar-refractivity contribution < 1.29 is 9.53 Å². The topological polar surface area (TPSA) is 58.8 Å². The minimum atomic E-state index is -0.260. The van der Waals surface area contributed by atoms with E-state index in [1.807, 2.05) is 25.7 Å². The number of hydrogen-bond acceptors (Lipinski definition) is 4. The molecule has 0 bridgehead atoms. The lowest BCUT2D eigenvalue weighted by molar-refractivity contribution is -0.143. The van der Waals surface area contributed by atoms with Gasteiger partial charge in [-0.2, -0.15) is 0 Å². The van der Waals surface area contributed by atoms with E-state index in [1.165, 1.54) is 0 Å². The Morgan fingerprint density at radius 2 is 1.84 bits per heavy atom. The van der Waals surface area contributed by atoms with E-state index in [-0.39, 0.29) is 18.1 Å². The maximum Gasteiger partial charge on any atom is 0.248 e. The zero-order valence-electron chi connectivity index (χ0n) is 12.8. The van der Waals surface area contributed by atoms with Crippen LogP contribution < -0.4 is 5.73 Å². The lowest BCUT2D eigenvalue weighted by atomic mass is 10.1. The van der Waals surface area contributed by atoms with Crippen molar-refractivity contribution in [3.8, 4) is 0 Å². The summed E-state index contributed by atoms with van der Waals surface area (Å²) in [5.74, 6) is 0.0929. The van der Waals surface area contributed by atoms with Gasteiger partial charge in [-0.3, -0.25) is 9.69 Å². The monoisotopic (exact) mass is 271 g/mol. The smallest absolute Gasteiger partial charge is 0.248 e. The molecular weight excluding hydrogens is 242 g/mol. The summed E-state index contributed by atoms with van der Waals surface area (Å²) < 4.78 is 5.54. The van der Waals surface area contributed by atoms with Gasteiger partial charge in [0.2, 0.25) is 5.91 Å². The quantitative estimate of drug-likeness (QED) is 0.799. The van der Waals surface area contributed by atoms with E-state index >= 15 is 0 Å². The molecule has 0 spiro atoms. The zero-order chi connectivity index (χ0) is 14.5. The molecule has 1 fully saturated rings. The van der Waals surface area contributed by atoms with Crippen LogP contribution in [0.25, 0.3) is 0 Å². The molecular formula is C14H29N3O2. The van der Waals surface area contributed by atoms with Crippen LogP contribution in [0.4, 0.5) is 0 Å². The predicted octanol–water partition coefficient (Wildman–Crippen LogP) is 0.683. The number of rotatable bonds is 5. The molecule has 0 aromatic rings. The van der Waals surface area contributed by atoms with Crippen LogP contribution in [-0.4, -0.2) is 66.7 Å². The first-order valence-corrected chi connectivity index (χ1v) is 7.23. The van der Waals surface area contributed by atoms with Gasteiger partial charge in [-0.15, -0.1) is 0 Å². The van der Waals surface area contributed by atoms with E-state index < -0.39 is 0 Å². The lowest BCUT2D eigenvalue weighted by Gasteiger charge is -2.38. The molecule has 0 radical (unpaired) electrons. The van der Waals surface area contributed by atoms with E-state index in [4.69, 9.17) is 10.5 Å². The minimum Gasteiger partial charge on any atom is -0.366 e. The fourth-order valence-electron chi connectivity index (χ4n) is 2.28. The highest BCUT2D eigenvalue weighted by atomic mass is 16.5. The fourth-order valence-corrected chi connectivity index (χ4v) is 2.28. The van der Waals surface area contributed by atoms with Gasteiger partial charge in [-0.05, 0) is 27.2 Å². The van der Waals surface area contributed by atoms with Gasteiger partial charge in [-0.25, -0.2) is 0 Å². The van der Waals surface area contributed by atoms with Gasteiger partial charge >= 0.3 is 0 Å². The first-order valence-electron chi connectivity index (χ1n) is 7.23. The van der Waals surface area contributed by atoms with E-state index in [9.17, 15) is 4.79 Å². The Kier molecular flexibility index (Phi) is 6.23. The Morgan fingerprint density at radius 3 is 2.26 bits per heavy atom. The maximum atomic E-state index is 12.0. The van der Waals surface area contributed by atoms with Crippen molar-refractivity contribution in [2.45, 2.75) is 45.8 Å². The van der Waals surface area contributed by atoms with Crippen molar-refractivity contribution >= 4 is 5.91 Å². The molecule has 1 rings (SSSR count). The van der Waals surface area contributed by atoms with Crippen LogP contribution >= 0.6 is 0 Å². The molecule has 5 heteroatoms. The number of amides is 1. The fraction of sp³-hybridized carbons (Fsp3) is 0.929. The van der Waals surface area contributed by atoms with Crippen molar-refractivity contribution in [1.29, 1.82) is 0 Å². The summed E-state index contributed by atoms with van der Waals surface area (Å²) in [6, 6.07) is 0.447. The summed E-state index contributed by atoms with van der Waals surface area (Å²) >= 11 is 0. The third-order valence-electron chi connectivity index (χ3n) is 3.56. The molecule has 2 N–H and O–H groups in total. The number of ether oxygens (including phenoxy) is 1.